The molecule has 0 aliphatic carbocycles. The zero-order valence-corrected chi connectivity index (χ0v) is 15.8. The minimum Gasteiger partial charge on any atom is -0.489 e. The number of anilines is 1. The lowest BCUT2D eigenvalue weighted by Crippen LogP contribution is -2.15. The maximum atomic E-state index is 11.2. The predicted molar refractivity (Wildman–Crippen MR) is 106 cm³/mol. The van der Waals surface area contributed by atoms with Gasteiger partial charge in [-0.05, 0) is 42.3 Å². The number of aryl methyl sites for hydroxylation is 1. The van der Waals surface area contributed by atoms with E-state index < -0.39 is 5.69 Å². The first kappa shape index (κ1) is 18.9. The topological polar surface area (TPSA) is 92.3 Å². The Kier molecular flexibility index (Phi) is 6.05. The van der Waals surface area contributed by atoms with Crippen LogP contribution in [0.5, 0.6) is 5.75 Å². The Morgan fingerprint density at radius 2 is 2.07 bits per heavy atom. The summed E-state index contributed by atoms with van der Waals surface area (Å²) in [6, 6.07) is 12.8. The second-order valence-electron chi connectivity index (χ2n) is 5.55. The summed E-state index contributed by atoms with van der Waals surface area (Å²) in [5, 5.41) is 11.1. The molecule has 1 heterocycles. The summed E-state index contributed by atoms with van der Waals surface area (Å²) >= 11 is 11.9. The highest BCUT2D eigenvalue weighted by Crippen LogP contribution is 2.23. The molecule has 0 bridgehead atoms. The largest absolute Gasteiger partial charge is 0.489 e. The number of ether oxygens (including phenoxy) is 1. The highest BCUT2D eigenvalue weighted by atomic mass is 35.5. The Labute approximate surface area is 165 Å². The summed E-state index contributed by atoms with van der Waals surface area (Å²) in [4.78, 5) is 15.0. The van der Waals surface area contributed by atoms with Crippen LogP contribution in [0.3, 0.4) is 0 Å². The standard InChI is InChI=1S/C18H15Cl2N5O2/c1-11-17(22-18(26)25-23-11)24-21-9-12-3-2-4-14(7-12)27-10-13-5-6-15(19)16(20)8-13/h2-9H,10H2,1H3,(H2,22,24,25,26). The number of halogens is 2. The summed E-state index contributed by atoms with van der Waals surface area (Å²) in [7, 11) is 0. The van der Waals surface area contributed by atoms with Crippen LogP contribution in [0.25, 0.3) is 0 Å². The molecule has 0 spiro atoms. The van der Waals surface area contributed by atoms with Gasteiger partial charge in [0.2, 0.25) is 0 Å². The zero-order chi connectivity index (χ0) is 19.2. The Bertz CT molecular complexity index is 1040. The van der Waals surface area contributed by atoms with Gasteiger partial charge in [0.05, 0.1) is 16.3 Å². The molecule has 27 heavy (non-hydrogen) atoms. The van der Waals surface area contributed by atoms with Crippen LogP contribution in [0.1, 0.15) is 16.8 Å². The van der Waals surface area contributed by atoms with E-state index in [-0.39, 0.29) is 0 Å². The number of benzene rings is 2. The zero-order valence-electron chi connectivity index (χ0n) is 14.2. The van der Waals surface area contributed by atoms with Crippen LogP contribution in [-0.4, -0.2) is 21.4 Å². The first-order valence-electron chi connectivity index (χ1n) is 7.90. The molecule has 7 nitrogen and oxygen atoms in total. The number of nitrogens with one attached hydrogen (secondary N) is 2. The molecule has 0 amide bonds. The monoisotopic (exact) mass is 403 g/mol. The van der Waals surface area contributed by atoms with E-state index in [1.165, 1.54) is 0 Å². The minimum atomic E-state index is -0.545. The third-order valence-electron chi connectivity index (χ3n) is 3.51. The molecule has 0 saturated heterocycles. The molecule has 138 valence electrons. The highest BCUT2D eigenvalue weighted by Gasteiger charge is 2.02. The normalized spacial score (nSPS) is 10.9. The molecule has 0 fully saturated rings. The van der Waals surface area contributed by atoms with Crippen molar-refractivity contribution in [2.45, 2.75) is 13.5 Å². The van der Waals surface area contributed by atoms with Crippen molar-refractivity contribution in [1.82, 2.24) is 15.2 Å². The maximum absolute atomic E-state index is 11.2. The summed E-state index contributed by atoms with van der Waals surface area (Å²) in [5.41, 5.74) is 4.41. The van der Waals surface area contributed by atoms with Gasteiger partial charge in [-0.25, -0.2) is 9.89 Å². The Hall–Kier alpha value is -2.90. The van der Waals surface area contributed by atoms with Gasteiger partial charge < -0.3 is 4.74 Å². The number of hydrazone groups is 1. The lowest BCUT2D eigenvalue weighted by Gasteiger charge is -2.08. The molecule has 9 heteroatoms. The van der Waals surface area contributed by atoms with E-state index in [2.05, 4.69) is 25.7 Å². The smallest absolute Gasteiger partial charge is 0.363 e. The number of rotatable bonds is 6. The van der Waals surface area contributed by atoms with Crippen LogP contribution < -0.4 is 15.9 Å². The molecule has 0 aliphatic heterocycles. The maximum Gasteiger partial charge on any atom is 0.363 e. The molecular weight excluding hydrogens is 389 g/mol. The molecule has 0 aliphatic rings. The van der Waals surface area contributed by atoms with E-state index in [1.54, 1.807) is 25.3 Å². The van der Waals surface area contributed by atoms with E-state index in [0.29, 0.717) is 33.9 Å². The number of aromatic amines is 1. The van der Waals surface area contributed by atoms with Crippen molar-refractivity contribution in [3.63, 3.8) is 0 Å². The van der Waals surface area contributed by atoms with Crippen LogP contribution in [0.15, 0.2) is 52.4 Å². The van der Waals surface area contributed by atoms with Gasteiger partial charge in [-0.15, -0.1) is 0 Å². The van der Waals surface area contributed by atoms with Crippen molar-refractivity contribution >= 4 is 35.2 Å². The van der Waals surface area contributed by atoms with E-state index in [4.69, 9.17) is 27.9 Å². The summed E-state index contributed by atoms with van der Waals surface area (Å²) in [6.45, 7) is 2.07. The number of aromatic nitrogens is 3. The lowest BCUT2D eigenvalue weighted by atomic mass is 10.2. The number of nitrogens with zero attached hydrogens (tertiary/aromatic N) is 3. The Balaban J connectivity index is 1.63. The number of H-pyrrole nitrogens is 1. The van der Waals surface area contributed by atoms with Crippen LogP contribution in [0.4, 0.5) is 5.82 Å². The first-order chi connectivity index (χ1) is 13.0. The molecule has 0 atom stereocenters. The first-order valence-corrected chi connectivity index (χ1v) is 8.66. The molecule has 3 rings (SSSR count). The average Bonchev–Trinajstić information content (AvgIpc) is 2.66. The number of hydrogen-bond acceptors (Lipinski definition) is 6. The second-order valence-corrected chi connectivity index (χ2v) is 6.37. The van der Waals surface area contributed by atoms with Crippen LogP contribution >= 0.6 is 23.2 Å². The van der Waals surface area contributed by atoms with Gasteiger partial charge in [-0.2, -0.15) is 15.2 Å². The molecule has 0 radical (unpaired) electrons. The quantitative estimate of drug-likeness (QED) is 0.482. The van der Waals surface area contributed by atoms with Crippen molar-refractivity contribution in [3.05, 3.63) is 79.8 Å². The Morgan fingerprint density at radius 1 is 1.22 bits per heavy atom. The fourth-order valence-electron chi connectivity index (χ4n) is 2.15. The summed E-state index contributed by atoms with van der Waals surface area (Å²) in [5.74, 6) is 0.971. The minimum absolute atomic E-state index is 0.294. The van der Waals surface area contributed by atoms with E-state index in [9.17, 15) is 4.79 Å². The third-order valence-corrected chi connectivity index (χ3v) is 4.25. The highest BCUT2D eigenvalue weighted by molar-refractivity contribution is 6.42. The molecule has 2 N–H and O–H groups in total. The van der Waals surface area contributed by atoms with Crippen LogP contribution in [-0.2, 0) is 6.61 Å². The van der Waals surface area contributed by atoms with Gasteiger partial charge in [0.1, 0.15) is 18.1 Å². The van der Waals surface area contributed by atoms with Gasteiger partial charge in [-0.3, -0.25) is 5.43 Å². The second kappa shape index (κ2) is 8.66. The third kappa shape index (κ3) is 5.29. The summed E-state index contributed by atoms with van der Waals surface area (Å²) in [6.07, 6.45) is 1.59. The van der Waals surface area contributed by atoms with Crippen LogP contribution in [0.2, 0.25) is 10.0 Å². The van der Waals surface area contributed by atoms with Gasteiger partial charge in [-0.1, -0.05) is 41.4 Å². The van der Waals surface area contributed by atoms with E-state index >= 15 is 0 Å². The van der Waals surface area contributed by atoms with Crippen LogP contribution in [0, 0.1) is 6.92 Å². The Morgan fingerprint density at radius 3 is 2.89 bits per heavy atom. The molecule has 0 saturated carbocycles. The fraction of sp³-hybridized carbons (Fsp3) is 0.111. The van der Waals surface area contributed by atoms with Crippen molar-refractivity contribution in [3.8, 4) is 5.75 Å². The van der Waals surface area contributed by atoms with Gasteiger partial charge in [0.15, 0.2) is 5.82 Å². The average molecular weight is 404 g/mol. The van der Waals surface area contributed by atoms with Crippen molar-refractivity contribution in [2.24, 2.45) is 5.10 Å². The van der Waals surface area contributed by atoms with E-state index in [1.807, 2.05) is 30.3 Å². The van der Waals surface area contributed by atoms with Crippen molar-refractivity contribution < 1.29 is 4.74 Å². The summed E-state index contributed by atoms with van der Waals surface area (Å²) < 4.78 is 5.78. The SMILES string of the molecule is Cc1n[nH]c(=O)nc1NN=Cc1cccc(OCc2ccc(Cl)c(Cl)c2)c1. The molecular formula is C18H15Cl2N5O2. The van der Waals surface area contributed by atoms with Crippen molar-refractivity contribution in [1.29, 1.82) is 0 Å². The molecule has 2 aromatic carbocycles. The van der Waals surface area contributed by atoms with Crippen molar-refractivity contribution in [2.75, 3.05) is 5.43 Å². The molecule has 0 unspecified atom stereocenters. The van der Waals surface area contributed by atoms with Gasteiger partial charge in [0, 0.05) is 0 Å². The molecule has 1 aromatic heterocycles. The lowest BCUT2D eigenvalue weighted by molar-refractivity contribution is 0.306. The predicted octanol–water partition coefficient (Wildman–Crippen LogP) is 3.81. The van der Waals surface area contributed by atoms with E-state index in [0.717, 1.165) is 11.1 Å². The number of hydrogen-bond donors (Lipinski definition) is 2. The van der Waals surface area contributed by atoms with Gasteiger partial charge in [0.25, 0.3) is 0 Å². The fourth-order valence-corrected chi connectivity index (χ4v) is 2.47. The van der Waals surface area contributed by atoms with Gasteiger partial charge >= 0.3 is 5.69 Å². The molecule has 3 aromatic rings.